The summed E-state index contributed by atoms with van der Waals surface area (Å²) in [7, 11) is -3.94. The summed E-state index contributed by atoms with van der Waals surface area (Å²) in [6, 6.07) is 7.22. The number of pyridine rings is 2. The van der Waals surface area contributed by atoms with Gasteiger partial charge in [0, 0.05) is 28.7 Å². The molecule has 0 aliphatic heterocycles. The third kappa shape index (κ3) is 2.81. The first-order valence-corrected chi connectivity index (χ1v) is 9.18. The molecule has 4 aromatic rings. The van der Waals surface area contributed by atoms with Gasteiger partial charge in [-0.1, -0.05) is 0 Å². The maximum absolute atomic E-state index is 12.7. The van der Waals surface area contributed by atoms with E-state index < -0.39 is 21.6 Å². The number of aromatic carboxylic acids is 1. The Morgan fingerprint density at radius 1 is 1.22 bits per heavy atom. The van der Waals surface area contributed by atoms with E-state index in [0.29, 0.717) is 10.9 Å². The van der Waals surface area contributed by atoms with Crippen molar-refractivity contribution in [1.29, 1.82) is 0 Å². The largest absolute Gasteiger partial charge is 0.478 e. The number of carboxylic acids is 1. The van der Waals surface area contributed by atoms with Gasteiger partial charge in [0.05, 0.1) is 22.3 Å². The Hall–Kier alpha value is -3.66. The first-order valence-electron chi connectivity index (χ1n) is 7.70. The molecule has 0 atom stereocenters. The number of benzene rings is 1. The minimum Gasteiger partial charge on any atom is -0.478 e. The minimum atomic E-state index is -3.94. The fraction of sp³-hybridized carbons (Fsp3) is 0. The maximum atomic E-state index is 12.7. The number of aromatic amines is 2. The number of nitrogens with zero attached hydrogens (tertiary/aromatic N) is 1. The Bertz CT molecular complexity index is 1360. The van der Waals surface area contributed by atoms with Crippen molar-refractivity contribution in [2.75, 3.05) is 4.72 Å². The Kier molecular flexibility index (Phi) is 3.70. The van der Waals surface area contributed by atoms with E-state index >= 15 is 0 Å². The number of hydrogen-bond donors (Lipinski definition) is 4. The van der Waals surface area contributed by atoms with Gasteiger partial charge in [-0.15, -0.1) is 0 Å². The average molecular weight is 384 g/mol. The molecule has 0 saturated heterocycles. The summed E-state index contributed by atoms with van der Waals surface area (Å²) in [6.45, 7) is 0. The van der Waals surface area contributed by atoms with Crippen molar-refractivity contribution < 1.29 is 18.3 Å². The van der Waals surface area contributed by atoms with Crippen LogP contribution in [0, 0.1) is 0 Å². The van der Waals surface area contributed by atoms with Crippen molar-refractivity contribution in [2.24, 2.45) is 0 Å². The lowest BCUT2D eigenvalue weighted by Crippen LogP contribution is -2.13. The molecule has 3 heterocycles. The standard InChI is InChI=1S/C17H12N4O5S/c22-16-15-14(12(8-19-15)17(23)24)11-6-10(3-4-13(11)20-16)27(25,26)21-9-2-1-5-18-7-9/h1-8,19,21H,(H,20,22)(H,23,24). The fourth-order valence-electron chi connectivity index (χ4n) is 2.88. The molecule has 0 fully saturated rings. The van der Waals surface area contributed by atoms with Crippen LogP contribution in [0.15, 0.2) is 58.6 Å². The fourth-order valence-corrected chi connectivity index (χ4v) is 3.95. The van der Waals surface area contributed by atoms with E-state index in [1.807, 2.05) is 0 Å². The molecular formula is C17H12N4O5S. The van der Waals surface area contributed by atoms with Gasteiger partial charge in [0.15, 0.2) is 0 Å². The maximum Gasteiger partial charge on any atom is 0.337 e. The smallest absolute Gasteiger partial charge is 0.337 e. The highest BCUT2D eigenvalue weighted by atomic mass is 32.2. The number of aromatic nitrogens is 3. The van der Waals surface area contributed by atoms with Crippen molar-refractivity contribution in [3.05, 3.63) is 64.8 Å². The summed E-state index contributed by atoms with van der Waals surface area (Å²) in [4.78, 5) is 32.6. The highest BCUT2D eigenvalue weighted by molar-refractivity contribution is 7.92. The van der Waals surface area contributed by atoms with Crippen LogP contribution >= 0.6 is 0 Å². The van der Waals surface area contributed by atoms with E-state index in [2.05, 4.69) is 19.7 Å². The number of H-pyrrole nitrogens is 2. The van der Waals surface area contributed by atoms with Crippen molar-refractivity contribution in [3.63, 3.8) is 0 Å². The Labute approximate surface area is 151 Å². The van der Waals surface area contributed by atoms with Gasteiger partial charge in [0.25, 0.3) is 15.6 Å². The highest BCUT2D eigenvalue weighted by Crippen LogP contribution is 2.27. The molecule has 0 unspecified atom stereocenters. The topological polar surface area (TPSA) is 145 Å². The lowest BCUT2D eigenvalue weighted by Gasteiger charge is -2.09. The van der Waals surface area contributed by atoms with Crippen LogP contribution in [0.3, 0.4) is 0 Å². The van der Waals surface area contributed by atoms with Crippen LogP contribution in [0.5, 0.6) is 0 Å². The first-order chi connectivity index (χ1) is 12.9. The summed E-state index contributed by atoms with van der Waals surface area (Å²) in [5.74, 6) is -1.23. The highest BCUT2D eigenvalue weighted by Gasteiger charge is 2.20. The Balaban J connectivity index is 1.95. The van der Waals surface area contributed by atoms with Crippen molar-refractivity contribution in [1.82, 2.24) is 15.0 Å². The van der Waals surface area contributed by atoms with Crippen LogP contribution in [-0.2, 0) is 10.0 Å². The summed E-state index contributed by atoms with van der Waals surface area (Å²) >= 11 is 0. The minimum absolute atomic E-state index is 0.0645. The third-order valence-electron chi connectivity index (χ3n) is 4.07. The van der Waals surface area contributed by atoms with E-state index in [0.717, 1.165) is 0 Å². The number of carboxylic acid groups (broad SMARTS) is 1. The van der Waals surface area contributed by atoms with Crippen LogP contribution in [0.25, 0.3) is 21.8 Å². The van der Waals surface area contributed by atoms with Gasteiger partial charge in [-0.3, -0.25) is 14.5 Å². The van der Waals surface area contributed by atoms with Gasteiger partial charge >= 0.3 is 5.97 Å². The SMILES string of the molecule is O=C(O)c1c[nH]c2c(=O)[nH]c3ccc(S(=O)(=O)Nc4cccnc4)cc3c12. The van der Waals surface area contributed by atoms with Gasteiger partial charge in [-0.25, -0.2) is 13.2 Å². The normalized spacial score (nSPS) is 11.7. The number of rotatable bonds is 4. The zero-order valence-electron chi connectivity index (χ0n) is 13.6. The lowest BCUT2D eigenvalue weighted by atomic mass is 10.1. The summed E-state index contributed by atoms with van der Waals surface area (Å²) in [6.07, 6.45) is 4.08. The van der Waals surface area contributed by atoms with Crippen LogP contribution in [-0.4, -0.2) is 34.4 Å². The van der Waals surface area contributed by atoms with Crippen LogP contribution in [0.4, 0.5) is 5.69 Å². The quantitative estimate of drug-likeness (QED) is 0.423. The second-order valence-electron chi connectivity index (χ2n) is 5.77. The van der Waals surface area contributed by atoms with Crippen LogP contribution in [0.2, 0.25) is 0 Å². The number of hydrogen-bond acceptors (Lipinski definition) is 5. The van der Waals surface area contributed by atoms with E-state index in [1.165, 1.54) is 36.8 Å². The van der Waals surface area contributed by atoms with Crippen LogP contribution < -0.4 is 10.3 Å². The molecule has 0 amide bonds. The monoisotopic (exact) mass is 384 g/mol. The number of fused-ring (bicyclic) bond motifs is 3. The third-order valence-corrected chi connectivity index (χ3v) is 5.45. The van der Waals surface area contributed by atoms with Crippen molar-refractivity contribution >= 4 is 43.5 Å². The molecule has 9 nitrogen and oxygen atoms in total. The molecule has 27 heavy (non-hydrogen) atoms. The lowest BCUT2D eigenvalue weighted by molar-refractivity contribution is 0.0699. The Morgan fingerprint density at radius 3 is 2.74 bits per heavy atom. The van der Waals surface area contributed by atoms with Gasteiger partial charge < -0.3 is 15.1 Å². The summed E-state index contributed by atoms with van der Waals surface area (Å²) < 4.78 is 27.7. The molecular weight excluding hydrogens is 372 g/mol. The first kappa shape index (κ1) is 16.8. The zero-order valence-corrected chi connectivity index (χ0v) is 14.4. The molecule has 4 N–H and O–H groups in total. The molecule has 136 valence electrons. The molecule has 1 aromatic carbocycles. The molecule has 10 heteroatoms. The zero-order chi connectivity index (χ0) is 19.2. The van der Waals surface area contributed by atoms with Gasteiger partial charge in [-0.05, 0) is 30.3 Å². The van der Waals surface area contributed by atoms with Gasteiger partial charge in [0.2, 0.25) is 0 Å². The van der Waals surface area contributed by atoms with Crippen molar-refractivity contribution in [2.45, 2.75) is 4.90 Å². The molecule has 0 saturated carbocycles. The van der Waals surface area contributed by atoms with E-state index in [1.54, 1.807) is 12.1 Å². The predicted molar refractivity (Wildman–Crippen MR) is 98.4 cm³/mol. The van der Waals surface area contributed by atoms with E-state index in [-0.39, 0.29) is 27.0 Å². The number of carbonyl (C=O) groups is 1. The van der Waals surface area contributed by atoms with Crippen molar-refractivity contribution in [3.8, 4) is 0 Å². The second-order valence-corrected chi connectivity index (χ2v) is 7.45. The van der Waals surface area contributed by atoms with Gasteiger partial charge in [-0.2, -0.15) is 0 Å². The van der Waals surface area contributed by atoms with E-state index in [9.17, 15) is 23.1 Å². The number of sulfonamides is 1. The molecule has 0 aliphatic rings. The molecule has 3 aromatic heterocycles. The summed E-state index contributed by atoms with van der Waals surface area (Å²) in [5, 5.41) is 9.83. The van der Waals surface area contributed by atoms with Crippen LogP contribution in [0.1, 0.15) is 10.4 Å². The predicted octanol–water partition coefficient (Wildman–Crippen LogP) is 1.90. The average Bonchev–Trinajstić information content (AvgIpc) is 3.08. The summed E-state index contributed by atoms with van der Waals surface area (Å²) in [5.41, 5.74) is 0.0756. The molecule has 0 aliphatic carbocycles. The molecule has 4 rings (SSSR count). The molecule has 0 bridgehead atoms. The molecule has 0 radical (unpaired) electrons. The number of nitrogens with one attached hydrogen (secondary N) is 3. The van der Waals surface area contributed by atoms with E-state index in [4.69, 9.17) is 0 Å². The number of anilines is 1. The Morgan fingerprint density at radius 2 is 2.04 bits per heavy atom. The molecule has 0 spiro atoms. The van der Waals surface area contributed by atoms with Gasteiger partial charge in [0.1, 0.15) is 5.52 Å². The second kappa shape index (κ2) is 5.95.